The topological polar surface area (TPSA) is 198 Å². The van der Waals surface area contributed by atoms with E-state index in [4.69, 9.17) is 14.7 Å². The second-order valence-electron chi connectivity index (χ2n) is 9.45. The largest absolute Gasteiger partial charge is 0.380 e. The molecule has 1 heterocycles. The van der Waals surface area contributed by atoms with Gasteiger partial charge in [0.15, 0.2) is 0 Å². The molecule has 0 aromatic rings. The molecule has 0 aliphatic carbocycles. The molecule has 5 N–H and O–H groups in total. The highest BCUT2D eigenvalue weighted by molar-refractivity contribution is 5.90. The quantitative estimate of drug-likeness (QED) is 0.0921. The highest BCUT2D eigenvalue weighted by Crippen LogP contribution is 2.19. The first kappa shape index (κ1) is 32.2. The molecule has 0 spiro atoms. The number of ether oxygens (including phenoxy) is 2. The summed E-state index contributed by atoms with van der Waals surface area (Å²) in [6, 6.07) is -0.773. The fraction of sp³-hybridized carbons (Fsp3) is 0.773. The first-order valence-corrected chi connectivity index (χ1v) is 12.0. The van der Waals surface area contributed by atoms with Gasteiger partial charge in [-0.15, -0.1) is 0 Å². The monoisotopic (exact) mass is 533 g/mol. The Labute approximate surface area is 215 Å². The lowest BCUT2D eigenvalue weighted by Gasteiger charge is -2.25. The number of carbonyl (C=O) groups is 5. The van der Waals surface area contributed by atoms with E-state index in [1.165, 1.54) is 17.4 Å². The predicted molar refractivity (Wildman–Crippen MR) is 125 cm³/mol. The number of hydroxylamine groups is 5. The van der Waals surface area contributed by atoms with Crippen molar-refractivity contribution in [2.24, 2.45) is 5.41 Å². The maximum absolute atomic E-state index is 12.4. The summed E-state index contributed by atoms with van der Waals surface area (Å²) < 4.78 is 10.9. The number of likely N-dealkylation sites (N-methyl/N-ethyl adjacent to an activating group) is 1. The number of nitrogens with zero attached hydrogens (tertiary/aromatic N) is 3. The summed E-state index contributed by atoms with van der Waals surface area (Å²) >= 11 is 0. The Bertz CT molecular complexity index is 792. The maximum atomic E-state index is 12.4. The Balaban J connectivity index is 2.23. The molecule has 5 amide bonds. The van der Waals surface area contributed by atoms with Crippen molar-refractivity contribution in [3.05, 3.63) is 0 Å². The lowest BCUT2D eigenvalue weighted by Crippen LogP contribution is -2.48. The molecule has 1 aliphatic rings. The molecular formula is C22H39N5O10. The fourth-order valence-corrected chi connectivity index (χ4v) is 3.48. The van der Waals surface area contributed by atoms with Gasteiger partial charge in [-0.1, -0.05) is 13.8 Å². The number of hydrogen-bond acceptors (Lipinski definition) is 10. The predicted octanol–water partition coefficient (Wildman–Crippen LogP) is -1.11. The van der Waals surface area contributed by atoms with Crippen molar-refractivity contribution in [1.29, 1.82) is 0 Å². The van der Waals surface area contributed by atoms with E-state index >= 15 is 0 Å². The van der Waals surface area contributed by atoms with E-state index in [-0.39, 0.29) is 58.8 Å². The van der Waals surface area contributed by atoms with Crippen LogP contribution in [0.25, 0.3) is 0 Å². The van der Waals surface area contributed by atoms with E-state index in [9.17, 15) is 34.4 Å². The van der Waals surface area contributed by atoms with Gasteiger partial charge in [0.25, 0.3) is 5.91 Å². The molecule has 15 nitrogen and oxygen atoms in total. The van der Waals surface area contributed by atoms with Crippen LogP contribution < -0.4 is 10.8 Å². The van der Waals surface area contributed by atoms with E-state index < -0.39 is 41.0 Å². The molecular weight excluding hydrogens is 494 g/mol. The molecule has 1 unspecified atom stereocenters. The minimum absolute atomic E-state index is 0.0188. The highest BCUT2D eigenvalue weighted by Gasteiger charge is 2.35. The Morgan fingerprint density at radius 2 is 1.62 bits per heavy atom. The van der Waals surface area contributed by atoms with Crippen LogP contribution in [0.15, 0.2) is 0 Å². The van der Waals surface area contributed by atoms with Crippen LogP contribution in [0.4, 0.5) is 0 Å². The first-order valence-electron chi connectivity index (χ1n) is 12.0. The van der Waals surface area contributed by atoms with E-state index in [2.05, 4.69) is 5.32 Å². The second kappa shape index (κ2) is 16.1. The third kappa shape index (κ3) is 12.3. The van der Waals surface area contributed by atoms with Gasteiger partial charge in [-0.3, -0.25) is 39.6 Å². The van der Waals surface area contributed by atoms with Crippen LogP contribution in [0.1, 0.15) is 46.0 Å². The highest BCUT2D eigenvalue weighted by atomic mass is 16.5. The fourth-order valence-electron chi connectivity index (χ4n) is 3.48. The summed E-state index contributed by atoms with van der Waals surface area (Å²) in [5.41, 5.74) is 1.11. The molecule has 0 radical (unpaired) electrons. The van der Waals surface area contributed by atoms with Gasteiger partial charge in [0.05, 0.1) is 52.4 Å². The zero-order valence-corrected chi connectivity index (χ0v) is 21.6. The number of carbonyl (C=O) groups excluding carboxylic acids is 5. The lowest BCUT2D eigenvalue weighted by molar-refractivity contribution is -0.167. The molecule has 0 saturated carbocycles. The van der Waals surface area contributed by atoms with Gasteiger partial charge < -0.3 is 19.7 Å². The molecule has 1 saturated heterocycles. The molecule has 37 heavy (non-hydrogen) atoms. The lowest BCUT2D eigenvalue weighted by atomic mass is 9.96. The minimum Gasteiger partial charge on any atom is -0.380 e. The number of likely N-dealkylation sites (tertiary alicyclic amines) is 1. The summed E-state index contributed by atoms with van der Waals surface area (Å²) in [6.07, 6.45) is 0.688. The third-order valence-electron chi connectivity index (χ3n) is 5.50. The Kier molecular flexibility index (Phi) is 14.0. The zero-order chi connectivity index (χ0) is 28.0. The summed E-state index contributed by atoms with van der Waals surface area (Å²) in [5, 5.41) is 30.9. The van der Waals surface area contributed by atoms with Crippen LogP contribution in [0.5, 0.6) is 0 Å². The normalized spacial score (nSPS) is 15.3. The van der Waals surface area contributed by atoms with E-state index in [1.807, 2.05) is 13.8 Å². The maximum Gasteiger partial charge on any atom is 0.268 e. The van der Waals surface area contributed by atoms with Crippen molar-refractivity contribution in [1.82, 2.24) is 25.8 Å². The molecule has 0 aromatic carbocycles. The smallest absolute Gasteiger partial charge is 0.268 e. The van der Waals surface area contributed by atoms with E-state index in [0.29, 0.717) is 29.5 Å². The van der Waals surface area contributed by atoms with Crippen molar-refractivity contribution in [2.75, 3.05) is 53.1 Å². The number of amides is 5. The molecule has 15 heteroatoms. The summed E-state index contributed by atoms with van der Waals surface area (Å²) in [6.45, 7) is 4.17. The SMILES string of the molecule is CN(O)C(=O)C1CCCN1C(=O)CNC(=O)CCN(O)C(=O)CCOCC(C)(C)COCCC(=O)NO. The van der Waals surface area contributed by atoms with Gasteiger partial charge >= 0.3 is 0 Å². The molecule has 0 bridgehead atoms. The molecule has 1 aliphatic heterocycles. The molecule has 1 atom stereocenters. The first-order chi connectivity index (χ1) is 17.4. The van der Waals surface area contributed by atoms with Gasteiger partial charge in [-0.2, -0.15) is 0 Å². The molecule has 0 aromatic heterocycles. The van der Waals surface area contributed by atoms with Crippen LogP contribution in [0.2, 0.25) is 0 Å². The number of rotatable bonds is 16. The van der Waals surface area contributed by atoms with Crippen LogP contribution in [0.3, 0.4) is 0 Å². The van der Waals surface area contributed by atoms with Gasteiger partial charge in [0.2, 0.25) is 23.6 Å². The zero-order valence-electron chi connectivity index (χ0n) is 21.6. The van der Waals surface area contributed by atoms with Crippen molar-refractivity contribution in [3.8, 4) is 0 Å². The molecule has 1 rings (SSSR count). The second-order valence-corrected chi connectivity index (χ2v) is 9.45. The van der Waals surface area contributed by atoms with Gasteiger partial charge in [0.1, 0.15) is 6.04 Å². The third-order valence-corrected chi connectivity index (χ3v) is 5.50. The van der Waals surface area contributed by atoms with Crippen molar-refractivity contribution < 1.29 is 49.1 Å². The standard InChI is InChI=1S/C22H39N5O10/c1-22(2,14-36-11-7-18(29)24-33)15-37-12-8-19(30)27(35)10-6-17(28)23-13-20(31)26-9-4-5-16(26)21(32)25(3)34/h16,33-35H,4-15H2,1-3H3,(H,23,28)(H,24,29). The van der Waals surface area contributed by atoms with Crippen LogP contribution in [-0.4, -0.2) is 119 Å². The average Bonchev–Trinajstić information content (AvgIpc) is 3.35. The van der Waals surface area contributed by atoms with Crippen LogP contribution in [-0.2, 0) is 33.4 Å². The summed E-state index contributed by atoms with van der Waals surface area (Å²) in [7, 11) is 1.18. The van der Waals surface area contributed by atoms with Crippen LogP contribution >= 0.6 is 0 Å². The Morgan fingerprint density at radius 3 is 2.22 bits per heavy atom. The Hall–Kier alpha value is -2.85. The molecule has 212 valence electrons. The average molecular weight is 534 g/mol. The number of hydrogen-bond donors (Lipinski definition) is 5. The van der Waals surface area contributed by atoms with Gasteiger partial charge in [-0.05, 0) is 12.8 Å². The Morgan fingerprint density at radius 1 is 1.00 bits per heavy atom. The summed E-state index contributed by atoms with van der Waals surface area (Å²) in [4.78, 5) is 60.6. The van der Waals surface area contributed by atoms with Gasteiger partial charge in [-0.25, -0.2) is 15.6 Å². The van der Waals surface area contributed by atoms with E-state index in [0.717, 1.165) is 0 Å². The molecule has 1 fully saturated rings. The van der Waals surface area contributed by atoms with Crippen LogP contribution in [0, 0.1) is 5.41 Å². The van der Waals surface area contributed by atoms with Crippen molar-refractivity contribution >= 4 is 29.5 Å². The minimum atomic E-state index is -0.773. The number of nitrogens with one attached hydrogen (secondary N) is 2. The van der Waals surface area contributed by atoms with E-state index in [1.54, 1.807) is 0 Å². The van der Waals surface area contributed by atoms with Crippen molar-refractivity contribution in [2.45, 2.75) is 52.0 Å². The van der Waals surface area contributed by atoms with Crippen molar-refractivity contribution in [3.63, 3.8) is 0 Å². The van der Waals surface area contributed by atoms with Gasteiger partial charge in [0, 0.05) is 25.4 Å². The summed E-state index contributed by atoms with van der Waals surface area (Å²) in [5.74, 6) is -2.82.